The van der Waals surface area contributed by atoms with Crippen molar-refractivity contribution >= 4 is 17.6 Å². The van der Waals surface area contributed by atoms with Crippen molar-refractivity contribution in [1.29, 1.82) is 0 Å². The van der Waals surface area contributed by atoms with Crippen LogP contribution in [0.25, 0.3) is 0 Å². The van der Waals surface area contributed by atoms with E-state index in [1.807, 2.05) is 30.3 Å². The number of hydrogen-bond acceptors (Lipinski definition) is 4. The van der Waals surface area contributed by atoms with E-state index in [4.69, 9.17) is 4.74 Å². The van der Waals surface area contributed by atoms with E-state index in [0.717, 1.165) is 31.4 Å². The first kappa shape index (κ1) is 15.8. The van der Waals surface area contributed by atoms with Crippen molar-refractivity contribution in [1.82, 2.24) is 4.90 Å². The van der Waals surface area contributed by atoms with E-state index in [-0.39, 0.29) is 18.4 Å². The van der Waals surface area contributed by atoms with Crippen LogP contribution in [0.2, 0.25) is 0 Å². The normalized spacial score (nSPS) is 20.1. The minimum atomic E-state index is -0.480. The van der Waals surface area contributed by atoms with Crippen LogP contribution in [-0.4, -0.2) is 42.1 Å². The molecule has 0 radical (unpaired) electrons. The molecule has 0 N–H and O–H groups in total. The predicted octanol–water partition coefficient (Wildman–Crippen LogP) is 2.56. The van der Waals surface area contributed by atoms with E-state index >= 15 is 0 Å². The molecule has 2 fully saturated rings. The molecule has 1 saturated carbocycles. The van der Waals surface area contributed by atoms with Crippen molar-refractivity contribution < 1.29 is 14.3 Å². The van der Waals surface area contributed by atoms with E-state index in [2.05, 4.69) is 4.90 Å². The summed E-state index contributed by atoms with van der Waals surface area (Å²) in [5.74, 6) is -0.254. The molecule has 0 atom stereocenters. The number of benzene rings is 1. The molecule has 1 aliphatic heterocycles. The van der Waals surface area contributed by atoms with E-state index in [1.165, 1.54) is 6.42 Å². The number of para-hydroxylation sites is 1. The fourth-order valence-electron chi connectivity index (χ4n) is 3.82. The van der Waals surface area contributed by atoms with Gasteiger partial charge in [-0.05, 0) is 31.9 Å². The molecule has 23 heavy (non-hydrogen) atoms. The third kappa shape index (κ3) is 2.92. The zero-order valence-electron chi connectivity index (χ0n) is 13.7. The number of ether oxygens (including phenoxy) is 1. The highest BCUT2D eigenvalue weighted by molar-refractivity contribution is 5.95. The van der Waals surface area contributed by atoms with Gasteiger partial charge < -0.3 is 14.5 Å². The Kier molecular flexibility index (Phi) is 4.55. The summed E-state index contributed by atoms with van der Waals surface area (Å²) in [6, 6.07) is 10.0. The standard InChI is InChI=1S/C18H24N2O3/c1-2-23-16(21)13-19-14-20(15-9-5-3-6-10-15)18(17(19)22)11-7-4-8-12-18/h3,5-6,9-10H,2,4,7-8,11-14H2,1H3. The molecule has 2 aliphatic rings. The number of amides is 1. The zero-order chi connectivity index (χ0) is 16.3. The summed E-state index contributed by atoms with van der Waals surface area (Å²) in [5.41, 5.74) is 0.570. The smallest absolute Gasteiger partial charge is 0.325 e. The van der Waals surface area contributed by atoms with Crippen LogP contribution in [-0.2, 0) is 14.3 Å². The lowest BCUT2D eigenvalue weighted by molar-refractivity contribution is -0.148. The van der Waals surface area contributed by atoms with Crippen molar-refractivity contribution in [3.8, 4) is 0 Å². The van der Waals surface area contributed by atoms with Crippen molar-refractivity contribution in [3.63, 3.8) is 0 Å². The second kappa shape index (κ2) is 6.60. The first-order valence-electron chi connectivity index (χ1n) is 8.45. The van der Waals surface area contributed by atoms with Gasteiger partial charge in [0.15, 0.2) is 0 Å². The van der Waals surface area contributed by atoms with Gasteiger partial charge in [-0.2, -0.15) is 0 Å². The van der Waals surface area contributed by atoms with Gasteiger partial charge >= 0.3 is 5.97 Å². The maximum Gasteiger partial charge on any atom is 0.325 e. The summed E-state index contributed by atoms with van der Waals surface area (Å²) < 4.78 is 5.02. The molecule has 5 nitrogen and oxygen atoms in total. The van der Waals surface area contributed by atoms with Crippen LogP contribution in [0, 0.1) is 0 Å². The average molecular weight is 316 g/mol. The molecular formula is C18H24N2O3. The minimum absolute atomic E-state index is 0.0394. The Labute approximate surface area is 137 Å². The van der Waals surface area contributed by atoms with Crippen LogP contribution in [0.5, 0.6) is 0 Å². The molecule has 124 valence electrons. The maximum absolute atomic E-state index is 13.1. The summed E-state index contributed by atoms with van der Waals surface area (Å²) in [6.07, 6.45) is 5.01. The van der Waals surface area contributed by atoms with Crippen LogP contribution in [0.1, 0.15) is 39.0 Å². The van der Waals surface area contributed by atoms with Crippen LogP contribution >= 0.6 is 0 Å². The van der Waals surface area contributed by atoms with Crippen LogP contribution in [0.4, 0.5) is 5.69 Å². The Morgan fingerprint density at radius 1 is 1.17 bits per heavy atom. The Bertz CT molecular complexity index is 567. The number of rotatable bonds is 4. The Morgan fingerprint density at radius 2 is 1.87 bits per heavy atom. The summed E-state index contributed by atoms with van der Waals surface area (Å²) >= 11 is 0. The van der Waals surface area contributed by atoms with Gasteiger partial charge in [-0.15, -0.1) is 0 Å². The maximum atomic E-state index is 13.1. The highest BCUT2D eigenvalue weighted by Gasteiger charge is 2.52. The van der Waals surface area contributed by atoms with Crippen LogP contribution < -0.4 is 4.90 Å². The van der Waals surface area contributed by atoms with Gasteiger partial charge in [-0.3, -0.25) is 9.59 Å². The van der Waals surface area contributed by atoms with Gasteiger partial charge in [0, 0.05) is 5.69 Å². The van der Waals surface area contributed by atoms with Gasteiger partial charge in [0.1, 0.15) is 12.1 Å². The quantitative estimate of drug-likeness (QED) is 0.801. The summed E-state index contributed by atoms with van der Waals surface area (Å²) in [6.45, 7) is 2.62. The van der Waals surface area contributed by atoms with Crippen molar-refractivity contribution in [2.45, 2.75) is 44.6 Å². The topological polar surface area (TPSA) is 49.9 Å². The fraction of sp³-hybridized carbons (Fsp3) is 0.556. The first-order chi connectivity index (χ1) is 11.2. The SMILES string of the molecule is CCOC(=O)CN1CN(c2ccccc2)C2(CCCCC2)C1=O. The van der Waals surface area contributed by atoms with E-state index in [0.29, 0.717) is 13.3 Å². The number of anilines is 1. The van der Waals surface area contributed by atoms with Gasteiger partial charge in [0.2, 0.25) is 5.91 Å². The fourth-order valence-corrected chi connectivity index (χ4v) is 3.82. The van der Waals surface area contributed by atoms with Gasteiger partial charge in [0.05, 0.1) is 13.3 Å². The second-order valence-corrected chi connectivity index (χ2v) is 6.31. The highest BCUT2D eigenvalue weighted by Crippen LogP contribution is 2.42. The Hall–Kier alpha value is -2.04. The number of esters is 1. The largest absolute Gasteiger partial charge is 0.465 e. The molecule has 1 spiro atoms. The van der Waals surface area contributed by atoms with Crippen LogP contribution in [0.3, 0.4) is 0 Å². The lowest BCUT2D eigenvalue weighted by Crippen LogP contribution is -2.51. The molecular weight excluding hydrogens is 292 g/mol. The number of hydrogen-bond donors (Lipinski definition) is 0. The monoisotopic (exact) mass is 316 g/mol. The molecule has 1 aromatic carbocycles. The van der Waals surface area contributed by atoms with Gasteiger partial charge in [0.25, 0.3) is 0 Å². The van der Waals surface area contributed by atoms with Crippen molar-refractivity contribution in [3.05, 3.63) is 30.3 Å². The zero-order valence-corrected chi connectivity index (χ0v) is 13.7. The predicted molar refractivity (Wildman–Crippen MR) is 88.0 cm³/mol. The van der Waals surface area contributed by atoms with Crippen LogP contribution in [0.15, 0.2) is 30.3 Å². The molecule has 5 heteroatoms. The molecule has 0 unspecified atom stereocenters. The lowest BCUT2D eigenvalue weighted by atomic mass is 9.80. The number of nitrogens with zero attached hydrogens (tertiary/aromatic N) is 2. The van der Waals surface area contributed by atoms with Gasteiger partial charge in [-0.1, -0.05) is 37.5 Å². The Morgan fingerprint density at radius 3 is 2.52 bits per heavy atom. The van der Waals surface area contributed by atoms with Crippen molar-refractivity contribution in [2.24, 2.45) is 0 Å². The first-order valence-corrected chi connectivity index (χ1v) is 8.45. The summed E-state index contributed by atoms with van der Waals surface area (Å²) in [4.78, 5) is 28.7. The third-order valence-electron chi connectivity index (χ3n) is 4.89. The van der Waals surface area contributed by atoms with Gasteiger partial charge in [-0.25, -0.2) is 0 Å². The average Bonchev–Trinajstić information content (AvgIpc) is 2.83. The second-order valence-electron chi connectivity index (χ2n) is 6.31. The third-order valence-corrected chi connectivity index (χ3v) is 4.89. The molecule has 1 heterocycles. The molecule has 0 bridgehead atoms. The summed E-state index contributed by atoms with van der Waals surface area (Å²) in [5, 5.41) is 0. The molecule has 3 rings (SSSR count). The molecule has 1 saturated heterocycles. The van der Waals surface area contributed by atoms with E-state index in [9.17, 15) is 9.59 Å². The van der Waals surface area contributed by atoms with Crippen molar-refractivity contribution in [2.75, 3.05) is 24.7 Å². The molecule has 0 aromatic heterocycles. The molecule has 1 aromatic rings. The van der Waals surface area contributed by atoms with E-state index < -0.39 is 5.54 Å². The minimum Gasteiger partial charge on any atom is -0.465 e. The molecule has 1 amide bonds. The number of carbonyl (C=O) groups excluding carboxylic acids is 2. The summed E-state index contributed by atoms with van der Waals surface area (Å²) in [7, 11) is 0. The highest BCUT2D eigenvalue weighted by atomic mass is 16.5. The molecule has 1 aliphatic carbocycles. The number of carbonyl (C=O) groups is 2. The van der Waals surface area contributed by atoms with E-state index in [1.54, 1.807) is 11.8 Å². The lowest BCUT2D eigenvalue weighted by Gasteiger charge is -2.39. The Balaban J connectivity index is 1.87.